The van der Waals surface area contributed by atoms with Gasteiger partial charge in [0.05, 0.1) is 27.4 Å². The summed E-state index contributed by atoms with van der Waals surface area (Å²) in [5.74, 6) is 2.58. The number of carbonyl (C=O) groups is 1. The van der Waals surface area contributed by atoms with Crippen LogP contribution in [0.5, 0.6) is 23.0 Å². The highest BCUT2D eigenvalue weighted by Crippen LogP contribution is 2.39. The van der Waals surface area contributed by atoms with Crippen molar-refractivity contribution in [3.8, 4) is 23.0 Å². The van der Waals surface area contributed by atoms with E-state index in [9.17, 15) is 4.79 Å². The Kier molecular flexibility index (Phi) is 6.96. The van der Waals surface area contributed by atoms with Crippen LogP contribution in [0.25, 0.3) is 0 Å². The SMILES string of the molecule is COc1cc2c(cc1OC)C(COc1ccccc1OC)N(C(=O)c1ccc(C)c(C)c1)CC2. The van der Waals surface area contributed by atoms with E-state index < -0.39 is 0 Å². The zero-order valence-electron chi connectivity index (χ0n) is 20.4. The Bertz CT molecular complexity index is 1190. The molecule has 0 aromatic heterocycles. The second kappa shape index (κ2) is 10.1. The van der Waals surface area contributed by atoms with E-state index in [2.05, 4.69) is 0 Å². The van der Waals surface area contributed by atoms with E-state index in [-0.39, 0.29) is 18.6 Å². The smallest absolute Gasteiger partial charge is 0.254 e. The third-order valence-corrected chi connectivity index (χ3v) is 6.48. The average Bonchev–Trinajstić information content (AvgIpc) is 2.87. The Balaban J connectivity index is 1.73. The molecule has 1 aliphatic heterocycles. The molecule has 1 heterocycles. The number of nitrogens with zero attached hydrogens (tertiary/aromatic N) is 1. The second-order valence-corrected chi connectivity index (χ2v) is 8.43. The molecule has 1 unspecified atom stereocenters. The van der Waals surface area contributed by atoms with E-state index in [4.69, 9.17) is 18.9 Å². The fourth-order valence-corrected chi connectivity index (χ4v) is 4.40. The number of methoxy groups -OCH3 is 3. The van der Waals surface area contributed by atoms with Crippen molar-refractivity contribution < 1.29 is 23.7 Å². The molecule has 0 bridgehead atoms. The van der Waals surface area contributed by atoms with E-state index in [1.54, 1.807) is 21.3 Å². The molecule has 0 radical (unpaired) electrons. The van der Waals surface area contributed by atoms with Gasteiger partial charge < -0.3 is 23.8 Å². The lowest BCUT2D eigenvalue weighted by Gasteiger charge is -2.38. The van der Waals surface area contributed by atoms with Crippen LogP contribution in [0.4, 0.5) is 0 Å². The van der Waals surface area contributed by atoms with Crippen LogP contribution in [0.3, 0.4) is 0 Å². The number of amides is 1. The van der Waals surface area contributed by atoms with Crippen LogP contribution in [0.15, 0.2) is 54.6 Å². The lowest BCUT2D eigenvalue weighted by Crippen LogP contribution is -2.42. The predicted molar refractivity (Wildman–Crippen MR) is 131 cm³/mol. The lowest BCUT2D eigenvalue weighted by atomic mass is 9.91. The average molecular weight is 462 g/mol. The third kappa shape index (κ3) is 4.53. The summed E-state index contributed by atoms with van der Waals surface area (Å²) in [5, 5.41) is 0. The predicted octanol–water partition coefficient (Wildman–Crippen LogP) is 5.15. The molecule has 4 rings (SSSR count). The lowest BCUT2D eigenvalue weighted by molar-refractivity contribution is 0.0587. The summed E-state index contributed by atoms with van der Waals surface area (Å²) in [6.07, 6.45) is 0.720. The number of rotatable bonds is 7. The third-order valence-electron chi connectivity index (χ3n) is 6.48. The van der Waals surface area contributed by atoms with Gasteiger partial charge in [0.25, 0.3) is 5.91 Å². The molecule has 1 aliphatic rings. The molecule has 0 saturated heterocycles. The highest BCUT2D eigenvalue weighted by Gasteiger charge is 2.33. The van der Waals surface area contributed by atoms with Crippen molar-refractivity contribution in [3.05, 3.63) is 82.4 Å². The largest absolute Gasteiger partial charge is 0.493 e. The molecule has 0 fully saturated rings. The van der Waals surface area contributed by atoms with Crippen molar-refractivity contribution in [2.45, 2.75) is 26.3 Å². The molecule has 0 spiro atoms. The maximum atomic E-state index is 13.7. The summed E-state index contributed by atoms with van der Waals surface area (Å²) in [7, 11) is 4.86. The molecule has 3 aromatic rings. The minimum Gasteiger partial charge on any atom is -0.493 e. The van der Waals surface area contributed by atoms with E-state index in [0.717, 1.165) is 28.7 Å². The highest BCUT2D eigenvalue weighted by atomic mass is 16.5. The fraction of sp³-hybridized carbons (Fsp3) is 0.321. The molecule has 0 aliphatic carbocycles. The summed E-state index contributed by atoms with van der Waals surface area (Å²) >= 11 is 0. The van der Waals surface area contributed by atoms with Gasteiger partial charge in [-0.05, 0) is 78.9 Å². The van der Waals surface area contributed by atoms with Gasteiger partial charge in [0.1, 0.15) is 6.61 Å². The van der Waals surface area contributed by atoms with Crippen molar-refractivity contribution in [3.63, 3.8) is 0 Å². The number of aryl methyl sites for hydroxylation is 2. The number of ether oxygens (including phenoxy) is 4. The quantitative estimate of drug-likeness (QED) is 0.487. The zero-order chi connectivity index (χ0) is 24.2. The maximum Gasteiger partial charge on any atom is 0.254 e. The Morgan fingerprint density at radius 1 is 0.853 bits per heavy atom. The molecule has 34 heavy (non-hydrogen) atoms. The number of para-hydroxylation sites is 2. The van der Waals surface area contributed by atoms with Crippen LogP contribution in [-0.2, 0) is 6.42 Å². The molecule has 1 atom stereocenters. The van der Waals surface area contributed by atoms with E-state index in [1.165, 1.54) is 0 Å². The minimum atomic E-state index is -0.303. The first-order valence-corrected chi connectivity index (χ1v) is 11.4. The van der Waals surface area contributed by atoms with Crippen LogP contribution in [0.2, 0.25) is 0 Å². The Labute approximate surface area is 201 Å². The van der Waals surface area contributed by atoms with Gasteiger partial charge in [-0.1, -0.05) is 18.2 Å². The molecule has 0 saturated carbocycles. The Hall–Kier alpha value is -3.67. The fourth-order valence-electron chi connectivity index (χ4n) is 4.40. The molecule has 1 amide bonds. The molecule has 6 nitrogen and oxygen atoms in total. The molecule has 178 valence electrons. The van der Waals surface area contributed by atoms with Gasteiger partial charge >= 0.3 is 0 Å². The molecular weight excluding hydrogens is 430 g/mol. The van der Waals surface area contributed by atoms with Crippen LogP contribution in [0, 0.1) is 13.8 Å². The topological polar surface area (TPSA) is 57.2 Å². The molecule has 3 aromatic carbocycles. The highest BCUT2D eigenvalue weighted by molar-refractivity contribution is 5.95. The number of fused-ring (bicyclic) bond motifs is 1. The van der Waals surface area contributed by atoms with Crippen LogP contribution >= 0.6 is 0 Å². The number of benzene rings is 3. The second-order valence-electron chi connectivity index (χ2n) is 8.43. The van der Waals surface area contributed by atoms with Gasteiger partial charge in [-0.15, -0.1) is 0 Å². The molecule has 0 N–H and O–H groups in total. The van der Waals surface area contributed by atoms with Gasteiger partial charge in [-0.25, -0.2) is 0 Å². The minimum absolute atomic E-state index is 0.0165. The normalized spacial score (nSPS) is 14.9. The Morgan fingerprint density at radius 3 is 2.21 bits per heavy atom. The van der Waals surface area contributed by atoms with Gasteiger partial charge in [-0.2, -0.15) is 0 Å². The summed E-state index contributed by atoms with van der Waals surface area (Å²) in [4.78, 5) is 15.6. The monoisotopic (exact) mass is 461 g/mol. The van der Waals surface area contributed by atoms with Gasteiger partial charge in [-0.3, -0.25) is 4.79 Å². The van der Waals surface area contributed by atoms with Crippen LogP contribution in [-0.4, -0.2) is 45.3 Å². The molecular formula is C28H31NO5. The first-order valence-electron chi connectivity index (χ1n) is 11.4. The summed E-state index contributed by atoms with van der Waals surface area (Å²) in [5.41, 5.74) is 5.05. The number of hydrogen-bond donors (Lipinski definition) is 0. The number of hydrogen-bond acceptors (Lipinski definition) is 5. The van der Waals surface area contributed by atoms with Gasteiger partial charge in [0, 0.05) is 12.1 Å². The van der Waals surface area contributed by atoms with E-state index in [0.29, 0.717) is 35.1 Å². The van der Waals surface area contributed by atoms with Crippen molar-refractivity contribution in [1.82, 2.24) is 4.90 Å². The van der Waals surface area contributed by atoms with Crippen molar-refractivity contribution in [2.24, 2.45) is 0 Å². The van der Waals surface area contributed by atoms with E-state index >= 15 is 0 Å². The first kappa shape index (κ1) is 23.5. The van der Waals surface area contributed by atoms with Crippen molar-refractivity contribution >= 4 is 5.91 Å². The van der Waals surface area contributed by atoms with Crippen molar-refractivity contribution in [1.29, 1.82) is 0 Å². The molecule has 6 heteroatoms. The van der Waals surface area contributed by atoms with Gasteiger partial charge in [0.2, 0.25) is 0 Å². The summed E-state index contributed by atoms with van der Waals surface area (Å²) in [6, 6.07) is 17.0. The first-order chi connectivity index (χ1) is 16.5. The standard InChI is InChI=1S/C28H31NO5/c1-18-10-11-21(14-19(18)2)28(30)29-13-12-20-15-26(32-4)27(33-5)16-22(20)23(29)17-34-25-9-7-6-8-24(25)31-3/h6-11,14-16,23H,12-13,17H2,1-5H3. The zero-order valence-corrected chi connectivity index (χ0v) is 20.4. The summed E-state index contributed by atoms with van der Waals surface area (Å²) < 4.78 is 22.8. The van der Waals surface area contributed by atoms with Crippen LogP contribution in [0.1, 0.15) is 38.7 Å². The van der Waals surface area contributed by atoms with Crippen molar-refractivity contribution in [2.75, 3.05) is 34.5 Å². The number of carbonyl (C=O) groups excluding carboxylic acids is 1. The van der Waals surface area contributed by atoms with Gasteiger partial charge in [0.15, 0.2) is 23.0 Å². The maximum absolute atomic E-state index is 13.7. The summed E-state index contributed by atoms with van der Waals surface area (Å²) in [6.45, 7) is 4.93. The Morgan fingerprint density at radius 2 is 1.53 bits per heavy atom. The van der Waals surface area contributed by atoms with E-state index in [1.807, 2.05) is 73.3 Å². The van der Waals surface area contributed by atoms with Crippen LogP contribution < -0.4 is 18.9 Å².